The van der Waals surface area contributed by atoms with Crippen molar-refractivity contribution in [2.24, 2.45) is 10.1 Å². The van der Waals surface area contributed by atoms with Gasteiger partial charge in [0.25, 0.3) is 0 Å². The lowest BCUT2D eigenvalue weighted by Crippen LogP contribution is -2.12. The van der Waals surface area contributed by atoms with Crippen LogP contribution in [-0.4, -0.2) is 22.4 Å². The minimum atomic E-state index is 0.731. The zero-order valence-corrected chi connectivity index (χ0v) is 17.5. The fourth-order valence-electron chi connectivity index (χ4n) is 3.40. The van der Waals surface area contributed by atoms with E-state index in [1.165, 1.54) is 27.6 Å². The fraction of sp³-hybridized carbons (Fsp3) is 0.217. The molecule has 0 aliphatic rings. The number of aryl methyl sites for hydroxylation is 3. The van der Waals surface area contributed by atoms with Crippen molar-refractivity contribution in [3.63, 3.8) is 0 Å². The number of fused-ring (bicyclic) bond motifs is 1. The van der Waals surface area contributed by atoms with Crippen molar-refractivity contribution in [3.8, 4) is 11.3 Å². The topological polar surface area (TPSA) is 45.4 Å². The third-order valence-corrected chi connectivity index (χ3v) is 5.88. The molecule has 0 saturated heterocycles. The zero-order chi connectivity index (χ0) is 19.7. The Kier molecular flexibility index (Phi) is 5.01. The van der Waals surface area contributed by atoms with Crippen LogP contribution in [0.1, 0.15) is 29.2 Å². The van der Waals surface area contributed by atoms with Gasteiger partial charge >= 0.3 is 0 Å². The van der Waals surface area contributed by atoms with Crippen LogP contribution in [0.4, 0.5) is 0 Å². The highest BCUT2D eigenvalue weighted by Gasteiger charge is 2.11. The predicted molar refractivity (Wildman–Crippen MR) is 119 cm³/mol. The van der Waals surface area contributed by atoms with Crippen molar-refractivity contribution in [1.82, 2.24) is 9.66 Å². The summed E-state index contributed by atoms with van der Waals surface area (Å²) in [4.78, 5) is 8.86. The van der Waals surface area contributed by atoms with E-state index >= 15 is 0 Å². The van der Waals surface area contributed by atoms with E-state index in [9.17, 15) is 0 Å². The molecule has 5 heteroatoms. The zero-order valence-electron chi connectivity index (χ0n) is 16.7. The Balaban J connectivity index is 1.86. The van der Waals surface area contributed by atoms with Crippen LogP contribution in [-0.2, 0) is 0 Å². The first-order chi connectivity index (χ1) is 13.6. The summed E-state index contributed by atoms with van der Waals surface area (Å²) in [5, 5.41) is 8.15. The molecular weight excluding hydrogens is 364 g/mol. The van der Waals surface area contributed by atoms with E-state index in [2.05, 4.69) is 60.4 Å². The molecule has 0 spiro atoms. The van der Waals surface area contributed by atoms with Gasteiger partial charge in [-0.3, -0.25) is 4.99 Å². The first-order valence-corrected chi connectivity index (χ1v) is 10.4. The van der Waals surface area contributed by atoms with Gasteiger partial charge in [-0.25, -0.2) is 4.68 Å². The van der Waals surface area contributed by atoms with E-state index in [0.717, 1.165) is 28.1 Å². The molecule has 2 aromatic carbocycles. The smallest absolute Gasteiger partial charge is 0.206 e. The summed E-state index contributed by atoms with van der Waals surface area (Å²) in [6.07, 6.45) is 3.92. The molecule has 142 valence electrons. The number of H-pyrrole nitrogens is 1. The second-order valence-corrected chi connectivity index (χ2v) is 7.81. The summed E-state index contributed by atoms with van der Waals surface area (Å²) in [7, 11) is 0. The molecule has 0 saturated carbocycles. The average molecular weight is 389 g/mol. The molecule has 0 aliphatic carbocycles. The van der Waals surface area contributed by atoms with Gasteiger partial charge in [0.05, 0.1) is 11.9 Å². The lowest BCUT2D eigenvalue weighted by Gasteiger charge is -2.10. The van der Waals surface area contributed by atoms with Crippen LogP contribution in [0.15, 0.2) is 58.1 Å². The van der Waals surface area contributed by atoms with E-state index in [4.69, 9.17) is 5.10 Å². The molecule has 0 bridgehead atoms. The summed E-state index contributed by atoms with van der Waals surface area (Å²) >= 11 is 1.63. The minimum absolute atomic E-state index is 0.731. The monoisotopic (exact) mass is 388 g/mol. The van der Waals surface area contributed by atoms with Crippen molar-refractivity contribution < 1.29 is 0 Å². The van der Waals surface area contributed by atoms with Crippen LogP contribution >= 0.6 is 11.3 Å². The molecule has 28 heavy (non-hydrogen) atoms. The van der Waals surface area contributed by atoms with Crippen molar-refractivity contribution in [1.29, 1.82) is 0 Å². The predicted octanol–water partition coefficient (Wildman–Crippen LogP) is 5.43. The van der Waals surface area contributed by atoms with Crippen LogP contribution in [0, 0.1) is 20.8 Å². The maximum atomic E-state index is 4.84. The lowest BCUT2D eigenvalue weighted by molar-refractivity contribution is 0.832. The summed E-state index contributed by atoms with van der Waals surface area (Å²) < 4.78 is 1.97. The third-order valence-electron chi connectivity index (χ3n) is 5.03. The fourth-order valence-corrected chi connectivity index (χ4v) is 4.29. The molecule has 4 rings (SSSR count). The van der Waals surface area contributed by atoms with Gasteiger partial charge in [0, 0.05) is 40.2 Å². The van der Waals surface area contributed by atoms with Crippen LogP contribution in [0.2, 0.25) is 0 Å². The Labute approximate surface area is 168 Å². The number of hydrogen-bond donors (Lipinski definition) is 1. The summed E-state index contributed by atoms with van der Waals surface area (Å²) in [5.74, 6) is 0. The normalized spacial score (nSPS) is 12.5. The number of nitrogens with zero attached hydrogens (tertiary/aromatic N) is 3. The van der Waals surface area contributed by atoms with Gasteiger partial charge < -0.3 is 4.98 Å². The van der Waals surface area contributed by atoms with Gasteiger partial charge in [0.1, 0.15) is 0 Å². The summed E-state index contributed by atoms with van der Waals surface area (Å²) in [5.41, 5.74) is 8.31. The van der Waals surface area contributed by atoms with Crippen molar-refractivity contribution >= 4 is 28.5 Å². The first-order valence-electron chi connectivity index (χ1n) is 9.48. The van der Waals surface area contributed by atoms with E-state index in [0.29, 0.717) is 0 Å². The maximum absolute atomic E-state index is 4.84. The van der Waals surface area contributed by atoms with Gasteiger partial charge in [-0.15, -0.1) is 11.3 Å². The molecule has 4 aromatic rings. The number of hydrogen-bond acceptors (Lipinski definition) is 3. The van der Waals surface area contributed by atoms with E-state index in [1.807, 2.05) is 36.1 Å². The molecule has 0 fully saturated rings. The van der Waals surface area contributed by atoms with Crippen molar-refractivity contribution in [2.75, 3.05) is 6.54 Å². The molecule has 4 nitrogen and oxygen atoms in total. The number of rotatable bonds is 4. The third kappa shape index (κ3) is 3.34. The number of aromatic nitrogens is 2. The van der Waals surface area contributed by atoms with Crippen LogP contribution < -0.4 is 4.80 Å². The quantitative estimate of drug-likeness (QED) is 0.453. The molecule has 0 atom stereocenters. The van der Waals surface area contributed by atoms with Gasteiger partial charge in [0.2, 0.25) is 4.80 Å². The summed E-state index contributed by atoms with van der Waals surface area (Å²) in [6, 6.07) is 12.8. The Morgan fingerprint density at radius 3 is 2.68 bits per heavy atom. The number of thiazole rings is 1. The average Bonchev–Trinajstić information content (AvgIpc) is 3.27. The summed E-state index contributed by atoms with van der Waals surface area (Å²) in [6.45, 7) is 9.25. The molecule has 0 aliphatic heterocycles. The molecule has 0 amide bonds. The van der Waals surface area contributed by atoms with Gasteiger partial charge in [0.15, 0.2) is 0 Å². The first kappa shape index (κ1) is 18.4. The lowest BCUT2D eigenvalue weighted by atomic mass is 9.99. The van der Waals surface area contributed by atoms with Gasteiger partial charge in [-0.05, 0) is 56.5 Å². The second kappa shape index (κ2) is 7.60. The van der Waals surface area contributed by atoms with Gasteiger partial charge in [-0.2, -0.15) is 5.10 Å². The Bertz CT molecular complexity index is 1240. The molecule has 2 aromatic heterocycles. The Morgan fingerprint density at radius 1 is 1.07 bits per heavy atom. The van der Waals surface area contributed by atoms with E-state index in [1.54, 1.807) is 11.3 Å². The van der Waals surface area contributed by atoms with Crippen LogP contribution in [0.25, 0.3) is 22.2 Å². The molecule has 1 N–H and O–H groups in total. The highest BCUT2D eigenvalue weighted by atomic mass is 32.1. The van der Waals surface area contributed by atoms with Crippen molar-refractivity contribution in [2.45, 2.75) is 27.7 Å². The number of benzene rings is 2. The minimum Gasteiger partial charge on any atom is -0.361 e. The van der Waals surface area contributed by atoms with Gasteiger partial charge in [-0.1, -0.05) is 24.3 Å². The maximum Gasteiger partial charge on any atom is 0.206 e. The number of para-hydroxylation sites is 1. The number of nitrogens with one attached hydrogen (secondary N) is 1. The Hall–Kier alpha value is -2.92. The second-order valence-electron chi connectivity index (χ2n) is 6.98. The highest BCUT2D eigenvalue weighted by molar-refractivity contribution is 7.07. The highest BCUT2D eigenvalue weighted by Crippen LogP contribution is 2.27. The van der Waals surface area contributed by atoms with E-state index in [-0.39, 0.29) is 0 Å². The molecule has 0 unspecified atom stereocenters. The molecular formula is C23H24N4S. The number of aromatic amines is 1. The standard InChI is InChI=1S/C23H24N4S/c1-5-24-23-27(26-13-18-12-25-21-9-7-6-8-19(18)21)22(14-28-23)20-11-16(3)15(2)10-17(20)4/h6-14,25H,5H2,1-4H3. The van der Waals surface area contributed by atoms with Crippen molar-refractivity contribution in [3.05, 3.63) is 75.0 Å². The molecule has 2 heterocycles. The largest absolute Gasteiger partial charge is 0.361 e. The Morgan fingerprint density at radius 2 is 1.86 bits per heavy atom. The van der Waals surface area contributed by atoms with Crippen LogP contribution in [0.3, 0.4) is 0 Å². The van der Waals surface area contributed by atoms with E-state index < -0.39 is 0 Å². The van der Waals surface area contributed by atoms with Crippen LogP contribution in [0.5, 0.6) is 0 Å². The molecule has 0 radical (unpaired) electrons. The SMILES string of the molecule is CCN=c1scc(-c2cc(C)c(C)cc2C)n1N=Cc1c[nH]c2ccccc12.